The van der Waals surface area contributed by atoms with E-state index in [0.29, 0.717) is 18.0 Å². The van der Waals surface area contributed by atoms with Gasteiger partial charge in [0.1, 0.15) is 11.3 Å². The summed E-state index contributed by atoms with van der Waals surface area (Å²) in [5.74, 6) is 0.173. The van der Waals surface area contributed by atoms with Gasteiger partial charge in [-0.1, -0.05) is 12.1 Å². The van der Waals surface area contributed by atoms with Gasteiger partial charge < -0.3 is 14.4 Å². The first kappa shape index (κ1) is 18.8. The van der Waals surface area contributed by atoms with Crippen molar-refractivity contribution in [1.82, 2.24) is 9.97 Å². The van der Waals surface area contributed by atoms with E-state index in [1.807, 2.05) is 13.0 Å². The van der Waals surface area contributed by atoms with Crippen molar-refractivity contribution in [1.29, 1.82) is 0 Å². The summed E-state index contributed by atoms with van der Waals surface area (Å²) in [6.45, 7) is 5.58. The second-order valence-electron chi connectivity index (χ2n) is 5.51. The predicted octanol–water partition coefficient (Wildman–Crippen LogP) is 4.45. The number of hydrogen-bond donors (Lipinski definition) is 0. The topological polar surface area (TPSA) is 47.5 Å². The Hall–Kier alpha value is -2.51. The van der Waals surface area contributed by atoms with Crippen LogP contribution in [0.5, 0.6) is 11.6 Å². The summed E-state index contributed by atoms with van der Waals surface area (Å²) in [5.41, 5.74) is -0.365. The molecule has 1 heterocycles. The molecule has 0 fully saturated rings. The lowest BCUT2D eigenvalue weighted by Crippen LogP contribution is -2.19. The average molecular weight is 355 g/mol. The first-order chi connectivity index (χ1) is 11.7. The normalized spacial score (nSPS) is 11.5. The molecule has 0 aliphatic carbocycles. The van der Waals surface area contributed by atoms with Crippen LogP contribution in [-0.2, 0) is 6.18 Å². The number of rotatable bonds is 6. The summed E-state index contributed by atoms with van der Waals surface area (Å²) in [5, 5.41) is 0. The molecule has 0 saturated carbocycles. The molecule has 0 aliphatic heterocycles. The van der Waals surface area contributed by atoms with Gasteiger partial charge in [0.15, 0.2) is 0 Å². The van der Waals surface area contributed by atoms with Crippen molar-refractivity contribution < 1.29 is 22.6 Å². The summed E-state index contributed by atoms with van der Waals surface area (Å²) in [7, 11) is 1.65. The Morgan fingerprint density at radius 3 is 2.48 bits per heavy atom. The van der Waals surface area contributed by atoms with Crippen molar-refractivity contribution >= 4 is 11.6 Å². The summed E-state index contributed by atoms with van der Waals surface area (Å²) in [6, 6.07) is 7.15. The van der Waals surface area contributed by atoms with Gasteiger partial charge >= 0.3 is 6.18 Å². The minimum Gasteiger partial charge on any atom is -0.492 e. The van der Waals surface area contributed by atoms with E-state index < -0.39 is 23.7 Å². The van der Waals surface area contributed by atoms with E-state index in [4.69, 9.17) is 9.47 Å². The summed E-state index contributed by atoms with van der Waals surface area (Å²) >= 11 is 0. The van der Waals surface area contributed by atoms with Crippen LogP contribution in [0.1, 0.15) is 26.3 Å². The van der Waals surface area contributed by atoms with Crippen LogP contribution in [0.3, 0.4) is 0 Å². The van der Waals surface area contributed by atoms with Gasteiger partial charge in [-0.25, -0.2) is 4.98 Å². The maximum absolute atomic E-state index is 13.1. The van der Waals surface area contributed by atoms with E-state index in [1.54, 1.807) is 44.0 Å². The number of hydrogen-bond acceptors (Lipinski definition) is 5. The van der Waals surface area contributed by atoms with Gasteiger partial charge in [-0.3, -0.25) is 0 Å². The Kier molecular flexibility index (Phi) is 5.71. The van der Waals surface area contributed by atoms with Gasteiger partial charge in [0.2, 0.25) is 11.8 Å². The molecular weight excluding hydrogens is 335 g/mol. The number of para-hydroxylation sites is 2. The molecule has 2 aromatic rings. The van der Waals surface area contributed by atoms with Crippen LogP contribution in [0.15, 0.2) is 30.5 Å². The molecule has 25 heavy (non-hydrogen) atoms. The number of nitrogens with zero attached hydrogens (tertiary/aromatic N) is 3. The van der Waals surface area contributed by atoms with Crippen molar-refractivity contribution in [2.45, 2.75) is 33.1 Å². The lowest BCUT2D eigenvalue weighted by atomic mass is 10.2. The quantitative estimate of drug-likeness (QED) is 0.766. The maximum Gasteiger partial charge on any atom is 0.423 e. The van der Waals surface area contributed by atoms with Crippen molar-refractivity contribution in [3.63, 3.8) is 0 Å². The van der Waals surface area contributed by atoms with Crippen LogP contribution in [0.4, 0.5) is 24.8 Å². The fourth-order valence-corrected chi connectivity index (χ4v) is 2.15. The Balaban J connectivity index is 2.46. The Labute approximate surface area is 144 Å². The smallest absolute Gasteiger partial charge is 0.423 e. The van der Waals surface area contributed by atoms with Crippen LogP contribution in [0, 0.1) is 0 Å². The van der Waals surface area contributed by atoms with Crippen LogP contribution < -0.4 is 14.4 Å². The second-order valence-corrected chi connectivity index (χ2v) is 5.51. The number of alkyl halides is 3. The van der Waals surface area contributed by atoms with E-state index >= 15 is 0 Å². The fourth-order valence-electron chi connectivity index (χ4n) is 2.15. The molecule has 0 atom stereocenters. The van der Waals surface area contributed by atoms with Gasteiger partial charge in [-0.15, -0.1) is 0 Å². The monoisotopic (exact) mass is 355 g/mol. The van der Waals surface area contributed by atoms with Gasteiger partial charge in [-0.05, 0) is 32.9 Å². The zero-order valence-electron chi connectivity index (χ0n) is 14.5. The molecular formula is C17H20F3N3O2. The number of anilines is 2. The molecule has 0 bridgehead atoms. The second kappa shape index (κ2) is 7.58. The molecule has 0 saturated heterocycles. The summed E-state index contributed by atoms with van der Waals surface area (Å²) in [6.07, 6.45) is -4.31. The number of aromatic nitrogens is 2. The molecule has 5 nitrogen and oxygen atoms in total. The average Bonchev–Trinajstić information content (AvgIpc) is 2.53. The molecule has 1 aromatic heterocycles. The first-order valence-electron chi connectivity index (χ1n) is 7.80. The third-order valence-corrected chi connectivity index (χ3v) is 3.22. The van der Waals surface area contributed by atoms with Crippen LogP contribution in [0.25, 0.3) is 0 Å². The first-order valence-corrected chi connectivity index (χ1v) is 7.80. The molecule has 0 aliphatic rings. The highest BCUT2D eigenvalue weighted by atomic mass is 19.4. The largest absolute Gasteiger partial charge is 0.492 e. The lowest BCUT2D eigenvalue weighted by Gasteiger charge is -2.22. The van der Waals surface area contributed by atoms with E-state index in [1.165, 1.54) is 0 Å². The number of halogens is 3. The molecule has 8 heteroatoms. The Morgan fingerprint density at radius 1 is 1.20 bits per heavy atom. The fraction of sp³-hybridized carbons (Fsp3) is 0.412. The zero-order chi connectivity index (χ0) is 18.6. The van der Waals surface area contributed by atoms with Crippen molar-refractivity contribution in [3.05, 3.63) is 36.0 Å². The van der Waals surface area contributed by atoms with Crippen molar-refractivity contribution in [2.24, 2.45) is 0 Å². The minimum absolute atomic E-state index is 0.0794. The van der Waals surface area contributed by atoms with Crippen LogP contribution in [-0.4, -0.2) is 29.7 Å². The van der Waals surface area contributed by atoms with Gasteiger partial charge in [0, 0.05) is 13.2 Å². The molecule has 136 valence electrons. The van der Waals surface area contributed by atoms with Gasteiger partial charge in [0.05, 0.1) is 18.4 Å². The van der Waals surface area contributed by atoms with Gasteiger partial charge in [0.25, 0.3) is 0 Å². The highest BCUT2D eigenvalue weighted by molar-refractivity contribution is 5.65. The number of benzene rings is 1. The van der Waals surface area contributed by atoms with E-state index in [2.05, 4.69) is 9.97 Å². The third-order valence-electron chi connectivity index (χ3n) is 3.22. The van der Waals surface area contributed by atoms with E-state index in [0.717, 1.165) is 6.20 Å². The molecule has 0 N–H and O–H groups in total. The van der Waals surface area contributed by atoms with Gasteiger partial charge in [-0.2, -0.15) is 18.2 Å². The van der Waals surface area contributed by atoms with E-state index in [-0.39, 0.29) is 5.95 Å². The molecule has 0 spiro atoms. The molecule has 0 radical (unpaired) electrons. The summed E-state index contributed by atoms with van der Waals surface area (Å²) < 4.78 is 50.2. The zero-order valence-corrected chi connectivity index (χ0v) is 14.5. The highest BCUT2D eigenvalue weighted by Crippen LogP contribution is 2.37. The SMILES string of the molecule is CCOc1ccccc1N(C)c1ncc(C(F)(F)F)c(OC(C)C)n1. The highest BCUT2D eigenvalue weighted by Gasteiger charge is 2.36. The molecule has 2 rings (SSSR count). The standard InChI is InChI=1S/C17H20F3N3O2/c1-5-24-14-9-7-6-8-13(14)23(4)16-21-10-12(17(18,19)20)15(22-16)25-11(2)3/h6-11H,5H2,1-4H3. The predicted molar refractivity (Wildman–Crippen MR) is 88.5 cm³/mol. The maximum atomic E-state index is 13.1. The van der Waals surface area contributed by atoms with E-state index in [9.17, 15) is 13.2 Å². The molecule has 0 amide bonds. The lowest BCUT2D eigenvalue weighted by molar-refractivity contribution is -0.139. The molecule has 0 unspecified atom stereocenters. The Morgan fingerprint density at radius 2 is 1.88 bits per heavy atom. The summed E-state index contributed by atoms with van der Waals surface area (Å²) in [4.78, 5) is 9.38. The minimum atomic E-state index is -4.59. The Bertz CT molecular complexity index is 721. The van der Waals surface area contributed by atoms with Crippen molar-refractivity contribution in [2.75, 3.05) is 18.6 Å². The molecule has 1 aromatic carbocycles. The number of ether oxygens (including phenoxy) is 2. The van der Waals surface area contributed by atoms with Crippen molar-refractivity contribution in [3.8, 4) is 11.6 Å². The van der Waals surface area contributed by atoms with Crippen LogP contribution in [0.2, 0.25) is 0 Å². The third kappa shape index (κ3) is 4.52. The van der Waals surface area contributed by atoms with Crippen LogP contribution >= 0.6 is 0 Å².